The highest BCUT2D eigenvalue weighted by Crippen LogP contribution is 2.37. The molecule has 0 bridgehead atoms. The molecule has 1 aliphatic carbocycles. The quantitative estimate of drug-likeness (QED) is 0.872. The number of benzene rings is 1. The van der Waals surface area contributed by atoms with E-state index in [1.54, 1.807) is 0 Å². The van der Waals surface area contributed by atoms with Crippen LogP contribution in [0.5, 0.6) is 0 Å². The summed E-state index contributed by atoms with van der Waals surface area (Å²) in [6.45, 7) is 3.41. The van der Waals surface area contributed by atoms with Gasteiger partial charge in [0.25, 0.3) is 0 Å². The van der Waals surface area contributed by atoms with Crippen LogP contribution >= 0.6 is 24.2 Å². The Morgan fingerprint density at radius 2 is 2.08 bits per heavy atom. The van der Waals surface area contributed by atoms with Gasteiger partial charge in [0, 0.05) is 36.3 Å². The Kier molecular flexibility index (Phi) is 5.75. The molecule has 24 heavy (non-hydrogen) atoms. The minimum Gasteiger partial charge on any atom is -0.327 e. The van der Waals surface area contributed by atoms with Gasteiger partial charge < -0.3 is 10.6 Å². The maximum absolute atomic E-state index is 12.8. The van der Waals surface area contributed by atoms with Gasteiger partial charge in [0.15, 0.2) is 0 Å². The fourth-order valence-electron chi connectivity index (χ4n) is 4.44. The molecule has 1 aromatic carbocycles. The lowest BCUT2D eigenvalue weighted by molar-refractivity contribution is -0.119. The molecule has 1 amide bonds. The van der Waals surface area contributed by atoms with Gasteiger partial charge in [-0.05, 0) is 36.8 Å². The van der Waals surface area contributed by atoms with Crippen LogP contribution in [0.25, 0.3) is 0 Å². The molecule has 132 valence electrons. The van der Waals surface area contributed by atoms with Gasteiger partial charge in [0.05, 0.1) is 12.2 Å². The SMILES string of the molecule is Cl.NC1CCCC2CN(CC(=O)N3CCSc4ccccc43)CC12. The van der Waals surface area contributed by atoms with Gasteiger partial charge in [-0.3, -0.25) is 9.69 Å². The van der Waals surface area contributed by atoms with Gasteiger partial charge in [-0.2, -0.15) is 0 Å². The van der Waals surface area contributed by atoms with Crippen LogP contribution in [0.4, 0.5) is 5.69 Å². The number of carbonyl (C=O) groups excluding carboxylic acids is 1. The molecule has 1 saturated heterocycles. The third-order valence-corrected chi connectivity index (χ3v) is 6.66. The summed E-state index contributed by atoms with van der Waals surface area (Å²) in [5.41, 5.74) is 7.38. The molecule has 0 radical (unpaired) electrons. The number of rotatable bonds is 2. The van der Waals surface area contributed by atoms with Crippen LogP contribution < -0.4 is 10.6 Å². The number of halogens is 1. The summed E-state index contributed by atoms with van der Waals surface area (Å²) < 4.78 is 0. The van der Waals surface area contributed by atoms with Gasteiger partial charge in [0.1, 0.15) is 0 Å². The Morgan fingerprint density at radius 1 is 1.25 bits per heavy atom. The number of para-hydroxylation sites is 1. The van der Waals surface area contributed by atoms with E-state index in [1.165, 1.54) is 17.7 Å². The number of nitrogens with two attached hydrogens (primary N) is 1. The molecule has 4 nitrogen and oxygen atoms in total. The number of likely N-dealkylation sites (tertiary alicyclic amines) is 1. The highest BCUT2D eigenvalue weighted by Gasteiger charge is 2.39. The summed E-state index contributed by atoms with van der Waals surface area (Å²) in [5, 5.41) is 0. The number of thioether (sulfide) groups is 1. The van der Waals surface area contributed by atoms with Crippen LogP contribution in [0.15, 0.2) is 29.2 Å². The van der Waals surface area contributed by atoms with Crippen molar-refractivity contribution in [2.24, 2.45) is 17.6 Å². The van der Waals surface area contributed by atoms with E-state index in [4.69, 9.17) is 5.73 Å². The lowest BCUT2D eigenvalue weighted by Crippen LogP contribution is -2.42. The second-order valence-corrected chi connectivity index (χ2v) is 8.21. The molecule has 2 fully saturated rings. The second kappa shape index (κ2) is 7.65. The fourth-order valence-corrected chi connectivity index (χ4v) is 5.44. The molecular weight excluding hydrogens is 342 g/mol. The molecule has 0 spiro atoms. The molecular formula is C18H26ClN3OS. The first-order chi connectivity index (χ1) is 11.2. The van der Waals surface area contributed by atoms with Crippen LogP contribution in [0.1, 0.15) is 19.3 Å². The minimum atomic E-state index is 0. The van der Waals surface area contributed by atoms with E-state index < -0.39 is 0 Å². The van der Waals surface area contributed by atoms with Crippen LogP contribution in [0.3, 0.4) is 0 Å². The van der Waals surface area contributed by atoms with E-state index in [0.717, 1.165) is 37.5 Å². The Labute approximate surface area is 154 Å². The molecule has 1 aromatic rings. The summed E-state index contributed by atoms with van der Waals surface area (Å²) in [6.07, 6.45) is 3.69. The van der Waals surface area contributed by atoms with Crippen molar-refractivity contribution in [3.8, 4) is 0 Å². The van der Waals surface area contributed by atoms with Gasteiger partial charge in [-0.15, -0.1) is 24.2 Å². The third kappa shape index (κ3) is 3.45. The molecule has 0 aromatic heterocycles. The predicted octanol–water partition coefficient (Wildman–Crippen LogP) is 2.61. The normalized spacial score (nSPS) is 29.5. The second-order valence-electron chi connectivity index (χ2n) is 7.07. The molecule has 3 atom stereocenters. The number of nitrogens with zero attached hydrogens (tertiary/aromatic N) is 2. The zero-order valence-corrected chi connectivity index (χ0v) is 15.5. The van der Waals surface area contributed by atoms with E-state index >= 15 is 0 Å². The zero-order valence-electron chi connectivity index (χ0n) is 13.9. The van der Waals surface area contributed by atoms with Crippen molar-refractivity contribution in [1.29, 1.82) is 0 Å². The number of anilines is 1. The fraction of sp³-hybridized carbons (Fsp3) is 0.611. The topological polar surface area (TPSA) is 49.6 Å². The largest absolute Gasteiger partial charge is 0.327 e. The minimum absolute atomic E-state index is 0. The van der Waals surface area contributed by atoms with Crippen molar-refractivity contribution < 1.29 is 4.79 Å². The van der Waals surface area contributed by atoms with E-state index in [0.29, 0.717) is 24.4 Å². The van der Waals surface area contributed by atoms with Gasteiger partial charge in [-0.25, -0.2) is 0 Å². The van der Waals surface area contributed by atoms with Crippen LogP contribution in [-0.2, 0) is 4.79 Å². The summed E-state index contributed by atoms with van der Waals surface area (Å²) in [7, 11) is 0. The van der Waals surface area contributed by atoms with E-state index in [1.807, 2.05) is 28.8 Å². The molecule has 2 aliphatic heterocycles. The van der Waals surface area contributed by atoms with Crippen LogP contribution in [-0.4, -0.2) is 48.8 Å². The van der Waals surface area contributed by atoms with E-state index in [-0.39, 0.29) is 18.3 Å². The molecule has 2 heterocycles. The molecule has 2 N–H and O–H groups in total. The van der Waals surface area contributed by atoms with Crippen molar-refractivity contribution in [2.75, 3.05) is 36.8 Å². The van der Waals surface area contributed by atoms with Gasteiger partial charge in [-0.1, -0.05) is 18.6 Å². The number of hydrogen-bond donors (Lipinski definition) is 1. The lowest BCUT2D eigenvalue weighted by Gasteiger charge is -2.30. The van der Waals surface area contributed by atoms with E-state index in [2.05, 4.69) is 17.0 Å². The Hall–Kier alpha value is -0.750. The Balaban J connectivity index is 0.00000169. The van der Waals surface area contributed by atoms with Crippen molar-refractivity contribution in [3.63, 3.8) is 0 Å². The zero-order chi connectivity index (χ0) is 15.8. The van der Waals surface area contributed by atoms with Crippen molar-refractivity contribution in [2.45, 2.75) is 30.2 Å². The first kappa shape index (κ1) is 18.1. The van der Waals surface area contributed by atoms with Gasteiger partial charge >= 0.3 is 0 Å². The molecule has 3 aliphatic rings. The first-order valence-corrected chi connectivity index (χ1v) is 9.71. The summed E-state index contributed by atoms with van der Waals surface area (Å²) in [5.74, 6) is 2.53. The maximum Gasteiger partial charge on any atom is 0.241 e. The highest BCUT2D eigenvalue weighted by molar-refractivity contribution is 7.99. The third-order valence-electron chi connectivity index (χ3n) is 5.62. The summed E-state index contributed by atoms with van der Waals surface area (Å²) in [6, 6.07) is 8.59. The van der Waals surface area contributed by atoms with Crippen molar-refractivity contribution in [1.82, 2.24) is 4.90 Å². The average molecular weight is 368 g/mol. The summed E-state index contributed by atoms with van der Waals surface area (Å²) >= 11 is 1.85. The lowest BCUT2D eigenvalue weighted by atomic mass is 9.78. The first-order valence-electron chi connectivity index (χ1n) is 8.72. The van der Waals surface area contributed by atoms with E-state index in [9.17, 15) is 4.79 Å². The Bertz CT molecular complexity index is 599. The highest BCUT2D eigenvalue weighted by atomic mass is 35.5. The maximum atomic E-state index is 12.8. The predicted molar refractivity (Wildman–Crippen MR) is 102 cm³/mol. The smallest absolute Gasteiger partial charge is 0.241 e. The average Bonchev–Trinajstić information content (AvgIpc) is 2.98. The number of hydrogen-bond acceptors (Lipinski definition) is 4. The summed E-state index contributed by atoms with van der Waals surface area (Å²) in [4.78, 5) is 18.4. The van der Waals surface area contributed by atoms with Crippen LogP contribution in [0, 0.1) is 11.8 Å². The van der Waals surface area contributed by atoms with Gasteiger partial charge in [0.2, 0.25) is 5.91 Å². The molecule has 6 heteroatoms. The standard InChI is InChI=1S/C18H25N3OS.ClH/c19-15-5-3-4-13-10-20(11-14(13)15)12-18(22)21-8-9-23-17-7-2-1-6-16(17)21;/h1-2,6-7,13-15H,3-5,8-12,19H2;1H. The monoisotopic (exact) mass is 367 g/mol. The molecule has 1 saturated carbocycles. The number of carbonyl (C=O) groups is 1. The number of fused-ring (bicyclic) bond motifs is 2. The Morgan fingerprint density at radius 3 is 2.92 bits per heavy atom. The molecule has 4 rings (SSSR count). The van der Waals surface area contributed by atoms with Crippen molar-refractivity contribution >= 4 is 35.8 Å². The van der Waals surface area contributed by atoms with Crippen LogP contribution in [0.2, 0.25) is 0 Å². The molecule has 3 unspecified atom stereocenters. The number of amides is 1. The van der Waals surface area contributed by atoms with Crippen molar-refractivity contribution in [3.05, 3.63) is 24.3 Å².